The summed E-state index contributed by atoms with van der Waals surface area (Å²) in [5.41, 5.74) is 4.82. The SMILES string of the molecule is Cc1ccc(-c2c(C(=O)NCCCc3ccccc3)nc3sccn23)cc1. The molecule has 0 unspecified atom stereocenters. The van der Waals surface area contributed by atoms with Crippen molar-refractivity contribution in [2.75, 3.05) is 6.54 Å². The number of hydrogen-bond donors (Lipinski definition) is 1. The number of amides is 1. The lowest BCUT2D eigenvalue weighted by atomic mass is 10.1. The van der Waals surface area contributed by atoms with E-state index >= 15 is 0 Å². The first kappa shape index (κ1) is 17.5. The number of nitrogens with one attached hydrogen (secondary N) is 1. The third kappa shape index (κ3) is 3.78. The van der Waals surface area contributed by atoms with Crippen LogP contribution in [0.2, 0.25) is 0 Å². The Labute approximate surface area is 162 Å². The number of imidazole rings is 1. The number of aromatic nitrogens is 2. The number of thiazole rings is 1. The summed E-state index contributed by atoms with van der Waals surface area (Å²) < 4.78 is 1.99. The van der Waals surface area contributed by atoms with E-state index in [1.807, 2.05) is 46.3 Å². The van der Waals surface area contributed by atoms with Gasteiger partial charge in [0, 0.05) is 23.7 Å². The van der Waals surface area contributed by atoms with Crippen LogP contribution in [-0.2, 0) is 6.42 Å². The molecule has 27 heavy (non-hydrogen) atoms. The zero-order chi connectivity index (χ0) is 18.6. The Bertz CT molecular complexity index is 1050. The fourth-order valence-corrected chi connectivity index (χ4v) is 3.87. The van der Waals surface area contributed by atoms with Crippen molar-refractivity contribution in [3.05, 3.63) is 83.0 Å². The Morgan fingerprint density at radius 2 is 1.89 bits per heavy atom. The van der Waals surface area contributed by atoms with E-state index in [2.05, 4.69) is 41.5 Å². The number of aryl methyl sites for hydroxylation is 2. The second-order valence-electron chi connectivity index (χ2n) is 6.58. The van der Waals surface area contributed by atoms with Gasteiger partial charge >= 0.3 is 0 Å². The quantitative estimate of drug-likeness (QED) is 0.495. The Morgan fingerprint density at radius 1 is 1.11 bits per heavy atom. The molecule has 4 nitrogen and oxygen atoms in total. The fourth-order valence-electron chi connectivity index (χ4n) is 3.15. The summed E-state index contributed by atoms with van der Waals surface area (Å²) in [7, 11) is 0. The molecule has 2 aromatic carbocycles. The molecule has 2 aromatic heterocycles. The third-order valence-electron chi connectivity index (χ3n) is 4.57. The molecule has 2 heterocycles. The summed E-state index contributed by atoms with van der Waals surface area (Å²) >= 11 is 1.54. The van der Waals surface area contributed by atoms with Gasteiger partial charge < -0.3 is 5.32 Å². The molecule has 0 radical (unpaired) electrons. The zero-order valence-electron chi connectivity index (χ0n) is 15.2. The van der Waals surface area contributed by atoms with Crippen molar-refractivity contribution in [3.63, 3.8) is 0 Å². The maximum absolute atomic E-state index is 12.8. The number of fused-ring (bicyclic) bond motifs is 1. The van der Waals surface area contributed by atoms with E-state index in [9.17, 15) is 4.79 Å². The Hall–Kier alpha value is -2.92. The highest BCUT2D eigenvalue weighted by molar-refractivity contribution is 7.15. The fraction of sp³-hybridized carbons (Fsp3) is 0.182. The molecule has 0 aliphatic heterocycles. The smallest absolute Gasteiger partial charge is 0.272 e. The zero-order valence-corrected chi connectivity index (χ0v) is 16.0. The second-order valence-corrected chi connectivity index (χ2v) is 7.45. The minimum Gasteiger partial charge on any atom is -0.351 e. The first-order valence-electron chi connectivity index (χ1n) is 9.07. The molecule has 0 saturated heterocycles. The first-order valence-corrected chi connectivity index (χ1v) is 9.95. The van der Waals surface area contributed by atoms with Crippen molar-refractivity contribution in [3.8, 4) is 11.3 Å². The van der Waals surface area contributed by atoms with Gasteiger partial charge in [-0.15, -0.1) is 11.3 Å². The molecule has 0 fully saturated rings. The van der Waals surface area contributed by atoms with Crippen molar-refractivity contribution in [2.45, 2.75) is 19.8 Å². The maximum atomic E-state index is 12.8. The van der Waals surface area contributed by atoms with Crippen LogP contribution < -0.4 is 5.32 Å². The molecule has 0 spiro atoms. The molecular formula is C22H21N3OS. The number of benzene rings is 2. The van der Waals surface area contributed by atoms with Crippen LogP contribution in [0.15, 0.2) is 66.2 Å². The van der Waals surface area contributed by atoms with E-state index < -0.39 is 0 Å². The van der Waals surface area contributed by atoms with Crippen LogP contribution in [0.4, 0.5) is 0 Å². The van der Waals surface area contributed by atoms with E-state index in [0.29, 0.717) is 12.2 Å². The monoisotopic (exact) mass is 375 g/mol. The van der Waals surface area contributed by atoms with E-state index in [0.717, 1.165) is 29.1 Å². The van der Waals surface area contributed by atoms with E-state index in [1.54, 1.807) is 0 Å². The van der Waals surface area contributed by atoms with Crippen LogP contribution in [0.25, 0.3) is 16.2 Å². The van der Waals surface area contributed by atoms with Gasteiger partial charge in [-0.05, 0) is 25.3 Å². The minimum atomic E-state index is -0.116. The number of carbonyl (C=O) groups excluding carboxylic acids is 1. The molecule has 1 N–H and O–H groups in total. The third-order valence-corrected chi connectivity index (χ3v) is 5.33. The average molecular weight is 375 g/mol. The standard InChI is InChI=1S/C22H21N3OS/c1-16-9-11-18(12-10-16)20-19(24-22-25(20)14-15-27-22)21(26)23-13-5-8-17-6-3-2-4-7-17/h2-4,6-7,9-12,14-15H,5,8,13H2,1H3,(H,23,26). The first-order chi connectivity index (χ1) is 13.2. The van der Waals surface area contributed by atoms with Crippen LogP contribution in [0, 0.1) is 6.92 Å². The lowest BCUT2D eigenvalue weighted by molar-refractivity contribution is 0.0949. The van der Waals surface area contributed by atoms with Crippen molar-refractivity contribution in [1.29, 1.82) is 0 Å². The summed E-state index contributed by atoms with van der Waals surface area (Å²) in [6.07, 6.45) is 3.82. The minimum absolute atomic E-state index is 0.116. The molecule has 0 atom stereocenters. The van der Waals surface area contributed by atoms with Crippen LogP contribution in [0.1, 0.15) is 28.0 Å². The van der Waals surface area contributed by atoms with Crippen LogP contribution in [0.3, 0.4) is 0 Å². The van der Waals surface area contributed by atoms with E-state index in [4.69, 9.17) is 0 Å². The molecule has 0 aliphatic carbocycles. The Morgan fingerprint density at radius 3 is 2.67 bits per heavy atom. The second kappa shape index (κ2) is 7.76. The number of hydrogen-bond acceptors (Lipinski definition) is 3. The number of rotatable bonds is 6. The average Bonchev–Trinajstić information content (AvgIpc) is 3.28. The van der Waals surface area contributed by atoms with Crippen molar-refractivity contribution < 1.29 is 4.79 Å². The topological polar surface area (TPSA) is 46.4 Å². The van der Waals surface area contributed by atoms with Gasteiger partial charge in [-0.1, -0.05) is 60.2 Å². The molecule has 4 aromatic rings. The summed E-state index contributed by atoms with van der Waals surface area (Å²) in [5, 5.41) is 5.02. The Kier molecular flexibility index (Phi) is 5.03. The molecule has 5 heteroatoms. The highest BCUT2D eigenvalue weighted by Gasteiger charge is 2.20. The van der Waals surface area contributed by atoms with Gasteiger partial charge in [-0.2, -0.15) is 0 Å². The van der Waals surface area contributed by atoms with Crippen LogP contribution >= 0.6 is 11.3 Å². The summed E-state index contributed by atoms with van der Waals surface area (Å²) in [6.45, 7) is 2.69. The highest BCUT2D eigenvalue weighted by atomic mass is 32.1. The van der Waals surface area contributed by atoms with Crippen LogP contribution in [0.5, 0.6) is 0 Å². The summed E-state index contributed by atoms with van der Waals surface area (Å²) in [6, 6.07) is 18.5. The van der Waals surface area contributed by atoms with Gasteiger partial charge in [0.2, 0.25) is 0 Å². The predicted octanol–water partition coefficient (Wildman–Crippen LogP) is 4.73. The molecular weight excluding hydrogens is 354 g/mol. The highest BCUT2D eigenvalue weighted by Crippen LogP contribution is 2.27. The van der Waals surface area contributed by atoms with Crippen molar-refractivity contribution in [1.82, 2.24) is 14.7 Å². The number of carbonyl (C=O) groups is 1. The molecule has 0 bridgehead atoms. The molecule has 1 amide bonds. The van der Waals surface area contributed by atoms with Gasteiger partial charge in [-0.3, -0.25) is 9.20 Å². The molecule has 0 aliphatic rings. The van der Waals surface area contributed by atoms with Gasteiger partial charge in [0.05, 0.1) is 5.69 Å². The summed E-state index contributed by atoms with van der Waals surface area (Å²) in [4.78, 5) is 18.2. The lowest BCUT2D eigenvalue weighted by Gasteiger charge is -2.07. The largest absolute Gasteiger partial charge is 0.351 e. The molecule has 4 rings (SSSR count). The van der Waals surface area contributed by atoms with Crippen molar-refractivity contribution in [2.24, 2.45) is 0 Å². The lowest BCUT2D eigenvalue weighted by Crippen LogP contribution is -2.25. The normalized spacial score (nSPS) is 11.0. The van der Waals surface area contributed by atoms with Crippen LogP contribution in [-0.4, -0.2) is 21.8 Å². The maximum Gasteiger partial charge on any atom is 0.272 e. The molecule has 136 valence electrons. The van der Waals surface area contributed by atoms with Crippen molar-refractivity contribution >= 4 is 22.2 Å². The van der Waals surface area contributed by atoms with E-state index in [1.165, 1.54) is 22.5 Å². The van der Waals surface area contributed by atoms with E-state index in [-0.39, 0.29) is 5.91 Å². The Balaban J connectivity index is 1.51. The molecule has 0 saturated carbocycles. The number of nitrogens with zero attached hydrogens (tertiary/aromatic N) is 2. The van der Waals surface area contributed by atoms with Gasteiger partial charge in [0.1, 0.15) is 0 Å². The summed E-state index contributed by atoms with van der Waals surface area (Å²) in [5.74, 6) is -0.116. The van der Waals surface area contributed by atoms with Gasteiger partial charge in [0.25, 0.3) is 5.91 Å². The van der Waals surface area contributed by atoms with Gasteiger partial charge in [-0.25, -0.2) is 4.98 Å². The van der Waals surface area contributed by atoms with Gasteiger partial charge in [0.15, 0.2) is 10.7 Å². The predicted molar refractivity (Wildman–Crippen MR) is 110 cm³/mol.